The molecule has 100 valence electrons. The number of hydrogen-bond acceptors (Lipinski definition) is 3. The van der Waals surface area contributed by atoms with Crippen LogP contribution >= 0.6 is 0 Å². The Morgan fingerprint density at radius 3 is 2.63 bits per heavy atom. The maximum Gasteiger partial charge on any atom is 0.307 e. The molecule has 0 aromatic carbocycles. The average molecular weight is 261 g/mol. The number of aliphatic carboxylic acids is 1. The number of allylic oxidation sites excluding steroid dienone is 2. The zero-order valence-electron chi connectivity index (χ0n) is 10.5. The molecule has 4 atom stereocenters. The molecule has 1 fully saturated rings. The highest BCUT2D eigenvalue weighted by atomic mass is 16.4. The van der Waals surface area contributed by atoms with E-state index in [1.807, 2.05) is 19.1 Å². The summed E-state index contributed by atoms with van der Waals surface area (Å²) in [5.74, 6) is -1.80. The standard InChI is InChI=1S/C13H15N3O3/c1-6-4-9(16-15-6)14-12(17)10-7-2-3-8(5-7)11(10)13(18)19/h2-4,7-8,10-11H,5H2,1H3,(H,18,19)(H2,14,15,16,17)/t7?,8?,10-,11+/m0/s1. The third kappa shape index (κ3) is 1.93. The molecule has 0 saturated heterocycles. The number of nitrogens with one attached hydrogen (secondary N) is 2. The monoisotopic (exact) mass is 261 g/mol. The quantitative estimate of drug-likeness (QED) is 0.712. The topological polar surface area (TPSA) is 95.1 Å². The third-order valence-corrected chi connectivity index (χ3v) is 4.00. The summed E-state index contributed by atoms with van der Waals surface area (Å²) in [5.41, 5.74) is 0.845. The van der Waals surface area contributed by atoms with Crippen molar-refractivity contribution in [3.05, 3.63) is 23.9 Å². The number of fused-ring (bicyclic) bond motifs is 2. The summed E-state index contributed by atoms with van der Waals surface area (Å²) in [7, 11) is 0. The summed E-state index contributed by atoms with van der Waals surface area (Å²) < 4.78 is 0. The molecule has 0 radical (unpaired) electrons. The Kier molecular flexibility index (Phi) is 2.66. The lowest BCUT2D eigenvalue weighted by molar-refractivity contribution is -0.146. The van der Waals surface area contributed by atoms with Gasteiger partial charge in [0.05, 0.1) is 11.8 Å². The second-order valence-electron chi connectivity index (χ2n) is 5.26. The maximum absolute atomic E-state index is 12.3. The molecule has 3 N–H and O–H groups in total. The fraction of sp³-hybridized carbons (Fsp3) is 0.462. The number of hydrogen-bond donors (Lipinski definition) is 3. The molecule has 1 amide bonds. The maximum atomic E-state index is 12.3. The van der Waals surface area contributed by atoms with Gasteiger partial charge in [0.15, 0.2) is 5.82 Å². The van der Waals surface area contributed by atoms with Gasteiger partial charge in [-0.15, -0.1) is 0 Å². The number of anilines is 1. The number of rotatable bonds is 3. The Morgan fingerprint density at radius 1 is 1.37 bits per heavy atom. The lowest BCUT2D eigenvalue weighted by Crippen LogP contribution is -2.36. The van der Waals surface area contributed by atoms with E-state index in [1.165, 1.54) is 0 Å². The zero-order valence-corrected chi connectivity index (χ0v) is 10.5. The van der Waals surface area contributed by atoms with E-state index in [0.29, 0.717) is 5.82 Å². The van der Waals surface area contributed by atoms with Crippen molar-refractivity contribution in [1.82, 2.24) is 10.2 Å². The molecular formula is C13H15N3O3. The molecule has 2 unspecified atom stereocenters. The van der Waals surface area contributed by atoms with Gasteiger partial charge in [0.25, 0.3) is 0 Å². The van der Waals surface area contributed by atoms with Crippen molar-refractivity contribution in [3.63, 3.8) is 0 Å². The molecule has 3 rings (SSSR count). The van der Waals surface area contributed by atoms with Crippen molar-refractivity contribution in [1.29, 1.82) is 0 Å². The van der Waals surface area contributed by atoms with Gasteiger partial charge in [0, 0.05) is 11.8 Å². The highest BCUT2D eigenvalue weighted by molar-refractivity contribution is 5.95. The number of aromatic nitrogens is 2. The first-order chi connectivity index (χ1) is 9.06. The minimum atomic E-state index is -0.893. The fourth-order valence-electron chi connectivity index (χ4n) is 3.21. The largest absolute Gasteiger partial charge is 0.481 e. The minimum Gasteiger partial charge on any atom is -0.481 e. The normalized spacial score (nSPS) is 31.6. The minimum absolute atomic E-state index is 0.0147. The predicted molar refractivity (Wildman–Crippen MR) is 67.3 cm³/mol. The molecule has 6 heteroatoms. The molecule has 1 heterocycles. The van der Waals surface area contributed by atoms with E-state index < -0.39 is 17.8 Å². The summed E-state index contributed by atoms with van der Waals surface area (Å²) in [6.45, 7) is 1.84. The van der Waals surface area contributed by atoms with Gasteiger partial charge in [0.1, 0.15) is 0 Å². The number of carboxylic acids is 1. The molecule has 1 saturated carbocycles. The summed E-state index contributed by atoms with van der Waals surface area (Å²) in [4.78, 5) is 23.6. The van der Waals surface area contributed by atoms with Crippen molar-refractivity contribution < 1.29 is 14.7 Å². The van der Waals surface area contributed by atoms with Gasteiger partial charge in [0.2, 0.25) is 5.91 Å². The van der Waals surface area contributed by atoms with Crippen LogP contribution in [-0.4, -0.2) is 27.2 Å². The van der Waals surface area contributed by atoms with Crippen LogP contribution in [0.3, 0.4) is 0 Å². The SMILES string of the molecule is Cc1cc(NC(=O)[C@H]2C3C=CC(C3)[C@H]2C(=O)O)n[nH]1. The van der Waals surface area contributed by atoms with Gasteiger partial charge < -0.3 is 10.4 Å². The predicted octanol–water partition coefficient (Wildman–Crippen LogP) is 1.18. The van der Waals surface area contributed by atoms with Crippen molar-refractivity contribution in [2.24, 2.45) is 23.7 Å². The Labute approximate surface area is 109 Å². The Balaban J connectivity index is 1.79. The van der Waals surface area contributed by atoms with Crippen LogP contribution in [0.15, 0.2) is 18.2 Å². The second kappa shape index (κ2) is 4.22. The lowest BCUT2D eigenvalue weighted by Gasteiger charge is -2.23. The number of amides is 1. The summed E-state index contributed by atoms with van der Waals surface area (Å²) >= 11 is 0. The highest BCUT2D eigenvalue weighted by Crippen LogP contribution is 2.48. The number of nitrogens with zero attached hydrogens (tertiary/aromatic N) is 1. The van der Waals surface area contributed by atoms with Crippen LogP contribution < -0.4 is 5.32 Å². The van der Waals surface area contributed by atoms with E-state index in [2.05, 4.69) is 15.5 Å². The van der Waals surface area contributed by atoms with E-state index >= 15 is 0 Å². The molecule has 0 spiro atoms. The van der Waals surface area contributed by atoms with E-state index in [9.17, 15) is 14.7 Å². The second-order valence-corrected chi connectivity index (χ2v) is 5.26. The molecule has 2 aliphatic carbocycles. The van der Waals surface area contributed by atoms with Crippen LogP contribution in [0.25, 0.3) is 0 Å². The Hall–Kier alpha value is -2.11. The van der Waals surface area contributed by atoms with Gasteiger partial charge in [-0.05, 0) is 25.2 Å². The fourth-order valence-corrected chi connectivity index (χ4v) is 3.21. The van der Waals surface area contributed by atoms with Gasteiger partial charge in [-0.1, -0.05) is 12.2 Å². The number of aromatic amines is 1. The number of H-pyrrole nitrogens is 1. The Morgan fingerprint density at radius 2 is 2.05 bits per heavy atom. The van der Waals surface area contributed by atoms with Gasteiger partial charge in [-0.2, -0.15) is 5.10 Å². The van der Waals surface area contributed by atoms with Crippen LogP contribution in [0.5, 0.6) is 0 Å². The van der Waals surface area contributed by atoms with Crippen molar-refractivity contribution in [2.45, 2.75) is 13.3 Å². The molecule has 19 heavy (non-hydrogen) atoms. The van der Waals surface area contributed by atoms with Crippen LogP contribution in [0, 0.1) is 30.6 Å². The zero-order chi connectivity index (χ0) is 13.6. The van der Waals surface area contributed by atoms with Gasteiger partial charge >= 0.3 is 5.97 Å². The van der Waals surface area contributed by atoms with Crippen LogP contribution in [0.4, 0.5) is 5.82 Å². The molecule has 0 aliphatic heterocycles. The average Bonchev–Trinajstić information content (AvgIpc) is 3.03. The molecule has 2 bridgehead atoms. The smallest absolute Gasteiger partial charge is 0.307 e. The van der Waals surface area contributed by atoms with Crippen molar-refractivity contribution in [2.75, 3.05) is 5.32 Å². The van der Waals surface area contributed by atoms with Crippen LogP contribution in [0.2, 0.25) is 0 Å². The molecule has 1 aromatic rings. The van der Waals surface area contributed by atoms with E-state index in [0.717, 1.165) is 12.1 Å². The van der Waals surface area contributed by atoms with Crippen molar-refractivity contribution >= 4 is 17.7 Å². The van der Waals surface area contributed by atoms with Crippen molar-refractivity contribution in [3.8, 4) is 0 Å². The Bertz CT molecular complexity index is 563. The summed E-state index contributed by atoms with van der Waals surface area (Å²) in [6, 6.07) is 1.72. The lowest BCUT2D eigenvalue weighted by atomic mass is 9.82. The van der Waals surface area contributed by atoms with Crippen LogP contribution in [0.1, 0.15) is 12.1 Å². The summed E-state index contributed by atoms with van der Waals surface area (Å²) in [6.07, 6.45) is 4.64. The first kappa shape index (κ1) is 12.0. The number of aryl methyl sites for hydroxylation is 1. The molecule has 2 aliphatic rings. The third-order valence-electron chi connectivity index (χ3n) is 4.00. The van der Waals surface area contributed by atoms with E-state index in [4.69, 9.17) is 0 Å². The van der Waals surface area contributed by atoms with E-state index in [1.54, 1.807) is 6.07 Å². The first-order valence-electron chi connectivity index (χ1n) is 6.30. The number of carbonyl (C=O) groups is 2. The van der Waals surface area contributed by atoms with Gasteiger partial charge in [-0.25, -0.2) is 0 Å². The first-order valence-corrected chi connectivity index (χ1v) is 6.30. The number of carboxylic acid groups (broad SMARTS) is 1. The molecular weight excluding hydrogens is 246 g/mol. The summed E-state index contributed by atoms with van der Waals surface area (Å²) in [5, 5.41) is 18.7. The van der Waals surface area contributed by atoms with E-state index in [-0.39, 0.29) is 17.7 Å². The van der Waals surface area contributed by atoms with Crippen LogP contribution in [-0.2, 0) is 9.59 Å². The number of carbonyl (C=O) groups excluding carboxylic acids is 1. The molecule has 1 aromatic heterocycles. The molecule has 6 nitrogen and oxygen atoms in total. The highest BCUT2D eigenvalue weighted by Gasteiger charge is 2.51. The van der Waals surface area contributed by atoms with Gasteiger partial charge in [-0.3, -0.25) is 14.7 Å².